The molecule has 1 aromatic rings. The standard InChI is InChI=1S/C20H35NO7/c22-9-2-6-21(7-3-10-23)8-11-26-12-13-27-14-15-28-20-18(16-24)4-1-5-19(20)17-25/h1,4-5,22-25H,2-3,6-17H2. The van der Waals surface area contributed by atoms with Gasteiger partial charge in [0.1, 0.15) is 12.4 Å². The zero-order valence-electron chi connectivity index (χ0n) is 16.6. The van der Waals surface area contributed by atoms with Crippen molar-refractivity contribution in [3.8, 4) is 5.75 Å². The molecule has 0 bridgehead atoms. The van der Waals surface area contributed by atoms with Crippen LogP contribution in [0.1, 0.15) is 24.0 Å². The summed E-state index contributed by atoms with van der Waals surface area (Å²) in [4.78, 5) is 2.17. The summed E-state index contributed by atoms with van der Waals surface area (Å²) in [6.45, 7) is 4.56. The van der Waals surface area contributed by atoms with Gasteiger partial charge in [-0.1, -0.05) is 18.2 Å². The van der Waals surface area contributed by atoms with Gasteiger partial charge in [-0.25, -0.2) is 0 Å². The number of benzene rings is 1. The van der Waals surface area contributed by atoms with Gasteiger partial charge < -0.3 is 39.5 Å². The van der Waals surface area contributed by atoms with Crippen LogP contribution >= 0.6 is 0 Å². The summed E-state index contributed by atoms with van der Waals surface area (Å²) < 4.78 is 16.7. The minimum Gasteiger partial charge on any atom is -0.490 e. The van der Waals surface area contributed by atoms with E-state index in [2.05, 4.69) is 4.90 Å². The van der Waals surface area contributed by atoms with E-state index in [1.165, 1.54) is 0 Å². The molecule has 0 spiro atoms. The average molecular weight is 402 g/mol. The van der Waals surface area contributed by atoms with Gasteiger partial charge in [-0.3, -0.25) is 0 Å². The van der Waals surface area contributed by atoms with Crippen LogP contribution in [-0.2, 0) is 22.7 Å². The minimum absolute atomic E-state index is 0.147. The summed E-state index contributed by atoms with van der Waals surface area (Å²) in [7, 11) is 0. The molecule has 1 rings (SSSR count). The van der Waals surface area contributed by atoms with Gasteiger partial charge >= 0.3 is 0 Å². The number of aliphatic hydroxyl groups is 4. The highest BCUT2D eigenvalue weighted by Crippen LogP contribution is 2.24. The van der Waals surface area contributed by atoms with Crippen molar-refractivity contribution in [2.45, 2.75) is 26.1 Å². The number of rotatable bonds is 18. The fourth-order valence-electron chi connectivity index (χ4n) is 2.71. The topological polar surface area (TPSA) is 112 Å². The van der Waals surface area contributed by atoms with E-state index in [-0.39, 0.29) is 26.4 Å². The van der Waals surface area contributed by atoms with Crippen LogP contribution in [0.2, 0.25) is 0 Å². The Morgan fingerprint density at radius 3 is 1.75 bits per heavy atom. The molecule has 0 atom stereocenters. The van der Waals surface area contributed by atoms with Crippen molar-refractivity contribution in [3.63, 3.8) is 0 Å². The maximum atomic E-state index is 9.36. The highest BCUT2D eigenvalue weighted by molar-refractivity contribution is 5.40. The maximum absolute atomic E-state index is 9.36. The number of hydrogen-bond acceptors (Lipinski definition) is 8. The second-order valence-corrected chi connectivity index (χ2v) is 6.29. The Labute approximate surface area is 167 Å². The SMILES string of the molecule is OCCCN(CCCO)CCOCCOCCOc1c(CO)cccc1CO. The largest absolute Gasteiger partial charge is 0.490 e. The second kappa shape index (κ2) is 16.7. The summed E-state index contributed by atoms with van der Waals surface area (Å²) in [5.41, 5.74) is 1.28. The Bertz CT molecular complexity index is 471. The van der Waals surface area contributed by atoms with Crippen molar-refractivity contribution < 1.29 is 34.6 Å². The van der Waals surface area contributed by atoms with E-state index in [9.17, 15) is 10.2 Å². The Morgan fingerprint density at radius 2 is 1.21 bits per heavy atom. The van der Waals surface area contributed by atoms with Crippen molar-refractivity contribution in [3.05, 3.63) is 29.3 Å². The van der Waals surface area contributed by atoms with Gasteiger partial charge in [0.25, 0.3) is 0 Å². The van der Waals surface area contributed by atoms with Gasteiger partial charge in [-0.2, -0.15) is 0 Å². The zero-order chi connectivity index (χ0) is 20.5. The Morgan fingerprint density at radius 1 is 0.679 bits per heavy atom. The molecule has 0 aliphatic rings. The molecule has 0 aliphatic heterocycles. The van der Waals surface area contributed by atoms with Gasteiger partial charge in [0, 0.05) is 44.0 Å². The van der Waals surface area contributed by atoms with E-state index in [1.807, 2.05) is 0 Å². The summed E-state index contributed by atoms with van der Waals surface area (Å²) >= 11 is 0. The first-order valence-electron chi connectivity index (χ1n) is 9.81. The third kappa shape index (κ3) is 10.3. The number of aliphatic hydroxyl groups excluding tert-OH is 4. The Balaban J connectivity index is 2.12. The molecule has 1 aromatic carbocycles. The summed E-state index contributed by atoms with van der Waals surface area (Å²) in [6.07, 6.45) is 1.43. The highest BCUT2D eigenvalue weighted by Gasteiger charge is 2.08. The molecule has 0 heterocycles. The maximum Gasteiger partial charge on any atom is 0.130 e. The lowest BCUT2D eigenvalue weighted by Gasteiger charge is -2.21. The van der Waals surface area contributed by atoms with Gasteiger partial charge in [-0.15, -0.1) is 0 Å². The summed E-state index contributed by atoms with van der Waals surface area (Å²) in [5.74, 6) is 0.512. The van der Waals surface area contributed by atoms with Crippen molar-refractivity contribution >= 4 is 0 Å². The number of nitrogens with zero attached hydrogens (tertiary/aromatic N) is 1. The van der Waals surface area contributed by atoms with Gasteiger partial charge in [-0.05, 0) is 12.8 Å². The molecular formula is C20H35NO7. The average Bonchev–Trinajstić information content (AvgIpc) is 2.73. The quantitative estimate of drug-likeness (QED) is 0.257. The lowest BCUT2D eigenvalue weighted by Crippen LogP contribution is -2.31. The first kappa shape index (κ1) is 24.8. The van der Waals surface area contributed by atoms with E-state index in [4.69, 9.17) is 24.4 Å². The van der Waals surface area contributed by atoms with E-state index in [0.717, 1.165) is 19.6 Å². The number of hydrogen-bond donors (Lipinski definition) is 4. The normalized spacial score (nSPS) is 11.3. The summed E-state index contributed by atoms with van der Waals surface area (Å²) in [5, 5.41) is 36.6. The van der Waals surface area contributed by atoms with Crippen LogP contribution < -0.4 is 4.74 Å². The van der Waals surface area contributed by atoms with E-state index in [0.29, 0.717) is 62.8 Å². The molecule has 0 saturated carbocycles. The third-order valence-electron chi connectivity index (χ3n) is 4.18. The van der Waals surface area contributed by atoms with Gasteiger partial charge in [0.15, 0.2) is 0 Å². The monoisotopic (exact) mass is 401 g/mol. The minimum atomic E-state index is -0.147. The molecular weight excluding hydrogens is 366 g/mol. The Kier molecular flexibility index (Phi) is 14.8. The fraction of sp³-hybridized carbons (Fsp3) is 0.700. The predicted molar refractivity (Wildman–Crippen MR) is 105 cm³/mol. The fourth-order valence-corrected chi connectivity index (χ4v) is 2.71. The molecule has 0 aromatic heterocycles. The second-order valence-electron chi connectivity index (χ2n) is 6.29. The van der Waals surface area contributed by atoms with Crippen LogP contribution in [0.3, 0.4) is 0 Å². The molecule has 8 heteroatoms. The van der Waals surface area contributed by atoms with E-state index >= 15 is 0 Å². The van der Waals surface area contributed by atoms with E-state index in [1.54, 1.807) is 18.2 Å². The van der Waals surface area contributed by atoms with Crippen LogP contribution in [0.15, 0.2) is 18.2 Å². The van der Waals surface area contributed by atoms with Crippen molar-refractivity contribution in [2.75, 3.05) is 65.9 Å². The molecule has 162 valence electrons. The van der Waals surface area contributed by atoms with Crippen molar-refractivity contribution in [1.82, 2.24) is 4.90 Å². The van der Waals surface area contributed by atoms with Crippen molar-refractivity contribution in [2.24, 2.45) is 0 Å². The lowest BCUT2D eigenvalue weighted by atomic mass is 10.1. The first-order valence-corrected chi connectivity index (χ1v) is 9.81. The summed E-state index contributed by atoms with van der Waals surface area (Å²) in [6, 6.07) is 5.29. The zero-order valence-corrected chi connectivity index (χ0v) is 16.6. The van der Waals surface area contributed by atoms with Gasteiger partial charge in [0.05, 0.1) is 39.6 Å². The molecule has 0 radical (unpaired) electrons. The van der Waals surface area contributed by atoms with Gasteiger partial charge in [0.2, 0.25) is 0 Å². The lowest BCUT2D eigenvalue weighted by molar-refractivity contribution is 0.0279. The van der Waals surface area contributed by atoms with Crippen molar-refractivity contribution in [1.29, 1.82) is 0 Å². The predicted octanol–water partition coefficient (Wildman–Crippen LogP) is 0.150. The third-order valence-corrected chi connectivity index (χ3v) is 4.18. The molecule has 0 saturated heterocycles. The van der Waals surface area contributed by atoms with Crippen LogP contribution in [0.25, 0.3) is 0 Å². The molecule has 28 heavy (non-hydrogen) atoms. The molecule has 0 unspecified atom stereocenters. The first-order chi connectivity index (χ1) is 13.8. The van der Waals surface area contributed by atoms with Crippen LogP contribution in [0.4, 0.5) is 0 Å². The number of ether oxygens (including phenoxy) is 3. The smallest absolute Gasteiger partial charge is 0.130 e. The molecule has 0 amide bonds. The molecule has 8 nitrogen and oxygen atoms in total. The van der Waals surface area contributed by atoms with Crippen LogP contribution in [-0.4, -0.2) is 91.2 Å². The van der Waals surface area contributed by atoms with Crippen LogP contribution in [0, 0.1) is 0 Å². The van der Waals surface area contributed by atoms with E-state index < -0.39 is 0 Å². The van der Waals surface area contributed by atoms with Crippen LogP contribution in [0.5, 0.6) is 5.75 Å². The Hall–Kier alpha value is -1.26. The molecule has 4 N–H and O–H groups in total. The highest BCUT2D eigenvalue weighted by atomic mass is 16.5. The molecule has 0 fully saturated rings. The molecule has 0 aliphatic carbocycles. The number of para-hydroxylation sites is 1.